The number of hydrogen-bond acceptors (Lipinski definition) is 4. The average Bonchev–Trinajstić information content (AvgIpc) is 3.13. The SMILES string of the molecule is COc1ccc(-n2nc(C(F)(F)F)cc2-c2ccc3c(c2)NC(=O)CO3)cc1. The second kappa shape index (κ2) is 6.59. The molecule has 0 fully saturated rings. The molecule has 28 heavy (non-hydrogen) atoms. The highest BCUT2D eigenvalue weighted by molar-refractivity contribution is 5.96. The summed E-state index contributed by atoms with van der Waals surface area (Å²) in [5, 5.41) is 6.39. The van der Waals surface area contributed by atoms with Crippen LogP contribution in [0.5, 0.6) is 11.5 Å². The quantitative estimate of drug-likeness (QED) is 0.738. The van der Waals surface area contributed by atoms with Crippen molar-refractivity contribution in [2.75, 3.05) is 19.0 Å². The molecule has 4 rings (SSSR count). The Balaban J connectivity index is 1.84. The third kappa shape index (κ3) is 3.26. The molecular formula is C19H14F3N3O3. The van der Waals surface area contributed by atoms with Crippen LogP contribution in [-0.4, -0.2) is 29.4 Å². The Morgan fingerprint density at radius 2 is 1.89 bits per heavy atom. The predicted molar refractivity (Wildman–Crippen MR) is 94.7 cm³/mol. The highest BCUT2D eigenvalue weighted by Gasteiger charge is 2.35. The van der Waals surface area contributed by atoms with Gasteiger partial charge in [-0.25, -0.2) is 4.68 Å². The van der Waals surface area contributed by atoms with E-state index in [4.69, 9.17) is 9.47 Å². The molecule has 0 bridgehead atoms. The van der Waals surface area contributed by atoms with Crippen LogP contribution in [0.3, 0.4) is 0 Å². The number of ether oxygens (including phenoxy) is 2. The maximum absolute atomic E-state index is 13.3. The minimum absolute atomic E-state index is 0.103. The number of methoxy groups -OCH3 is 1. The van der Waals surface area contributed by atoms with Crippen LogP contribution in [0.1, 0.15) is 5.69 Å². The van der Waals surface area contributed by atoms with Gasteiger partial charge in [-0.1, -0.05) is 0 Å². The van der Waals surface area contributed by atoms with Crippen LogP contribution in [0.4, 0.5) is 18.9 Å². The number of anilines is 1. The number of halogens is 3. The molecule has 0 aliphatic carbocycles. The van der Waals surface area contributed by atoms with E-state index in [1.807, 2.05) is 0 Å². The molecule has 1 aliphatic heterocycles. The van der Waals surface area contributed by atoms with Crippen molar-refractivity contribution in [3.63, 3.8) is 0 Å². The molecule has 0 saturated heterocycles. The maximum Gasteiger partial charge on any atom is 0.435 e. The number of aromatic nitrogens is 2. The van der Waals surface area contributed by atoms with Crippen LogP contribution in [0.25, 0.3) is 16.9 Å². The van der Waals surface area contributed by atoms with E-state index in [2.05, 4.69) is 10.4 Å². The number of carbonyl (C=O) groups is 1. The zero-order valence-electron chi connectivity index (χ0n) is 14.6. The molecule has 0 spiro atoms. The lowest BCUT2D eigenvalue weighted by atomic mass is 10.1. The fourth-order valence-electron chi connectivity index (χ4n) is 2.89. The topological polar surface area (TPSA) is 65.4 Å². The number of amides is 1. The molecule has 9 heteroatoms. The second-order valence-corrected chi connectivity index (χ2v) is 6.07. The zero-order valence-corrected chi connectivity index (χ0v) is 14.6. The van der Waals surface area contributed by atoms with Gasteiger partial charge in [0, 0.05) is 5.56 Å². The molecule has 2 heterocycles. The summed E-state index contributed by atoms with van der Waals surface area (Å²) in [7, 11) is 1.50. The van der Waals surface area contributed by atoms with Crippen molar-refractivity contribution in [2.45, 2.75) is 6.18 Å². The summed E-state index contributed by atoms with van der Waals surface area (Å²) in [6, 6.07) is 12.2. The van der Waals surface area contributed by atoms with Crippen molar-refractivity contribution in [3.05, 3.63) is 54.2 Å². The summed E-state index contributed by atoms with van der Waals surface area (Å²) < 4.78 is 51.4. The fourth-order valence-corrected chi connectivity index (χ4v) is 2.89. The van der Waals surface area contributed by atoms with Crippen molar-refractivity contribution < 1.29 is 27.4 Å². The number of benzene rings is 2. The third-order valence-corrected chi connectivity index (χ3v) is 4.22. The first-order chi connectivity index (χ1) is 13.3. The Hall–Kier alpha value is -3.49. The van der Waals surface area contributed by atoms with Gasteiger partial charge in [-0.3, -0.25) is 4.79 Å². The van der Waals surface area contributed by atoms with Gasteiger partial charge in [0.25, 0.3) is 5.91 Å². The number of alkyl halides is 3. The Bertz CT molecular complexity index is 1040. The van der Waals surface area contributed by atoms with Crippen molar-refractivity contribution in [1.29, 1.82) is 0 Å². The number of hydrogen-bond donors (Lipinski definition) is 1. The Morgan fingerprint density at radius 1 is 1.14 bits per heavy atom. The summed E-state index contributed by atoms with van der Waals surface area (Å²) in [4.78, 5) is 11.5. The Kier molecular flexibility index (Phi) is 4.21. The minimum Gasteiger partial charge on any atom is -0.497 e. The van der Waals surface area contributed by atoms with Gasteiger partial charge in [-0.15, -0.1) is 0 Å². The largest absolute Gasteiger partial charge is 0.497 e. The van der Waals surface area contributed by atoms with Gasteiger partial charge < -0.3 is 14.8 Å². The summed E-state index contributed by atoms with van der Waals surface area (Å²) >= 11 is 0. The molecule has 6 nitrogen and oxygen atoms in total. The van der Waals surface area contributed by atoms with Gasteiger partial charge in [0.2, 0.25) is 0 Å². The van der Waals surface area contributed by atoms with E-state index in [-0.39, 0.29) is 18.2 Å². The second-order valence-electron chi connectivity index (χ2n) is 6.07. The van der Waals surface area contributed by atoms with Gasteiger partial charge in [0.05, 0.1) is 24.2 Å². The predicted octanol–water partition coefficient (Wildman–Crippen LogP) is 3.90. The molecule has 2 aromatic carbocycles. The molecule has 144 valence electrons. The van der Waals surface area contributed by atoms with Crippen molar-refractivity contribution in [3.8, 4) is 28.4 Å². The van der Waals surface area contributed by atoms with E-state index in [0.717, 1.165) is 6.07 Å². The summed E-state index contributed by atoms with van der Waals surface area (Å²) in [5.74, 6) is 0.696. The van der Waals surface area contributed by atoms with Gasteiger partial charge in [-0.2, -0.15) is 18.3 Å². The lowest BCUT2D eigenvalue weighted by Crippen LogP contribution is -2.25. The lowest BCUT2D eigenvalue weighted by Gasteiger charge is -2.18. The monoisotopic (exact) mass is 389 g/mol. The van der Waals surface area contributed by atoms with Crippen LogP contribution >= 0.6 is 0 Å². The van der Waals surface area contributed by atoms with E-state index >= 15 is 0 Å². The smallest absolute Gasteiger partial charge is 0.435 e. The first-order valence-electron chi connectivity index (χ1n) is 8.24. The van der Waals surface area contributed by atoms with Crippen LogP contribution in [0, 0.1) is 0 Å². The molecule has 3 aromatic rings. The molecule has 1 aromatic heterocycles. The van der Waals surface area contributed by atoms with Crippen molar-refractivity contribution in [2.24, 2.45) is 0 Å². The molecule has 1 amide bonds. The first-order valence-corrected chi connectivity index (χ1v) is 8.24. The normalized spacial score (nSPS) is 13.5. The number of nitrogens with zero attached hydrogens (tertiary/aromatic N) is 2. The van der Waals surface area contributed by atoms with E-state index in [0.29, 0.717) is 28.4 Å². The number of fused-ring (bicyclic) bond motifs is 1. The van der Waals surface area contributed by atoms with Crippen LogP contribution < -0.4 is 14.8 Å². The summed E-state index contributed by atoms with van der Waals surface area (Å²) in [6.07, 6.45) is -4.60. The van der Waals surface area contributed by atoms with Crippen molar-refractivity contribution in [1.82, 2.24) is 9.78 Å². The van der Waals surface area contributed by atoms with E-state index in [1.54, 1.807) is 42.5 Å². The molecule has 1 aliphatic rings. The van der Waals surface area contributed by atoms with Crippen LogP contribution in [-0.2, 0) is 11.0 Å². The van der Waals surface area contributed by atoms with E-state index < -0.39 is 11.9 Å². The fraction of sp³-hybridized carbons (Fsp3) is 0.158. The van der Waals surface area contributed by atoms with Gasteiger partial charge in [0.1, 0.15) is 11.5 Å². The molecular weight excluding hydrogens is 375 g/mol. The van der Waals surface area contributed by atoms with E-state index in [1.165, 1.54) is 11.8 Å². The molecule has 0 radical (unpaired) electrons. The standard InChI is InChI=1S/C19H14F3N3O3/c1-27-13-5-3-12(4-6-13)25-15(9-17(24-25)19(20,21)22)11-2-7-16-14(8-11)23-18(26)10-28-16/h2-9H,10H2,1H3,(H,23,26). The summed E-state index contributed by atoms with van der Waals surface area (Å²) in [6.45, 7) is -0.103. The number of carbonyl (C=O) groups excluding carboxylic acids is 1. The highest BCUT2D eigenvalue weighted by Crippen LogP contribution is 2.37. The van der Waals surface area contributed by atoms with E-state index in [9.17, 15) is 18.0 Å². The van der Waals surface area contributed by atoms with Crippen LogP contribution in [0.15, 0.2) is 48.5 Å². The molecule has 1 N–H and O–H groups in total. The molecule has 0 unspecified atom stereocenters. The number of nitrogens with one attached hydrogen (secondary N) is 1. The molecule has 0 atom stereocenters. The highest BCUT2D eigenvalue weighted by atomic mass is 19.4. The lowest BCUT2D eigenvalue weighted by molar-refractivity contribution is -0.141. The van der Waals surface area contributed by atoms with Gasteiger partial charge in [0.15, 0.2) is 12.3 Å². The summed E-state index contributed by atoms with van der Waals surface area (Å²) in [5.41, 5.74) is 0.480. The van der Waals surface area contributed by atoms with Gasteiger partial charge in [-0.05, 0) is 48.5 Å². The Morgan fingerprint density at radius 3 is 2.57 bits per heavy atom. The third-order valence-electron chi connectivity index (χ3n) is 4.22. The average molecular weight is 389 g/mol. The minimum atomic E-state index is -4.60. The number of rotatable bonds is 3. The Labute approximate surface area is 157 Å². The zero-order chi connectivity index (χ0) is 19.9. The van der Waals surface area contributed by atoms with Crippen LogP contribution in [0.2, 0.25) is 0 Å². The first kappa shape index (κ1) is 17.9. The maximum atomic E-state index is 13.3. The van der Waals surface area contributed by atoms with Gasteiger partial charge >= 0.3 is 6.18 Å². The molecule has 0 saturated carbocycles. The van der Waals surface area contributed by atoms with Crippen molar-refractivity contribution >= 4 is 11.6 Å².